The first-order valence-electron chi connectivity index (χ1n) is 26.3. The van der Waals surface area contributed by atoms with Gasteiger partial charge in [0.25, 0.3) is 0 Å². The van der Waals surface area contributed by atoms with E-state index in [2.05, 4.69) is 51.1 Å². The van der Waals surface area contributed by atoms with Crippen LogP contribution in [0.25, 0.3) is 0 Å². The van der Waals surface area contributed by atoms with Crippen molar-refractivity contribution in [3.63, 3.8) is 0 Å². The molecule has 1 saturated heterocycles. The van der Waals surface area contributed by atoms with E-state index in [1.807, 2.05) is 13.8 Å². The van der Waals surface area contributed by atoms with Gasteiger partial charge in [0.2, 0.25) is 41.4 Å². The summed E-state index contributed by atoms with van der Waals surface area (Å²) < 4.78 is 6.03. The van der Waals surface area contributed by atoms with Crippen LogP contribution in [0.2, 0.25) is 0 Å². The maximum Gasteiger partial charge on any atom is 0.328 e. The van der Waals surface area contributed by atoms with Gasteiger partial charge in [-0.25, -0.2) is 4.79 Å². The first-order valence-corrected chi connectivity index (χ1v) is 26.3. The molecule has 20 heteroatoms. The molecule has 0 aromatic rings. The lowest BCUT2D eigenvalue weighted by Gasteiger charge is -2.29. The number of carbonyl (C=O) groups is 10. The number of carboxylic acid groups (broad SMARTS) is 2. The molecular formula is C52H91N7O13. The fraction of sp³-hybridized carbons (Fsp3) is 0.808. The van der Waals surface area contributed by atoms with Gasteiger partial charge in [0.05, 0.1) is 12.8 Å². The number of hydrogen-bond acceptors (Lipinski definition) is 11. The van der Waals surface area contributed by atoms with Crippen LogP contribution in [-0.2, 0) is 52.7 Å². The monoisotopic (exact) mass is 1020 g/mol. The third-order valence-corrected chi connectivity index (χ3v) is 12.1. The van der Waals surface area contributed by atoms with Gasteiger partial charge in [-0.3, -0.25) is 43.2 Å². The topological polar surface area (TPSA) is 305 Å². The second-order valence-electron chi connectivity index (χ2n) is 22.1. The van der Waals surface area contributed by atoms with Crippen LogP contribution in [-0.4, -0.2) is 118 Å². The van der Waals surface area contributed by atoms with Crippen molar-refractivity contribution >= 4 is 59.3 Å². The van der Waals surface area contributed by atoms with E-state index < -0.39 is 133 Å². The van der Waals surface area contributed by atoms with Gasteiger partial charge in [-0.05, 0) is 80.5 Å². The normalized spacial score (nSPS) is 24.2. The summed E-state index contributed by atoms with van der Waals surface area (Å²) in [5, 5.41) is 37.9. The van der Waals surface area contributed by atoms with Gasteiger partial charge in [-0.15, -0.1) is 0 Å². The van der Waals surface area contributed by atoms with Crippen molar-refractivity contribution in [1.29, 1.82) is 0 Å². The Bertz CT molecular complexity index is 1790. The van der Waals surface area contributed by atoms with E-state index in [9.17, 15) is 58.2 Å². The number of rotatable bonds is 23. The first-order chi connectivity index (χ1) is 33.6. The number of unbranched alkanes of at least 4 members (excludes halogenated alkanes) is 5. The average molecular weight is 1020 g/mol. The van der Waals surface area contributed by atoms with Gasteiger partial charge >= 0.3 is 17.9 Å². The minimum atomic E-state index is -1.72. The summed E-state index contributed by atoms with van der Waals surface area (Å²) in [4.78, 5) is 136. The van der Waals surface area contributed by atoms with Crippen molar-refractivity contribution in [3.05, 3.63) is 0 Å². The smallest absolute Gasteiger partial charge is 0.328 e. The Kier molecular flexibility index (Phi) is 30.0. The van der Waals surface area contributed by atoms with E-state index in [0.29, 0.717) is 12.3 Å². The minimum Gasteiger partial charge on any atom is -0.481 e. The number of nitrogens with one attached hydrogen (secondary N) is 7. The zero-order valence-corrected chi connectivity index (χ0v) is 45.3. The molecule has 20 nitrogen and oxygen atoms in total. The molecule has 0 aliphatic carbocycles. The molecule has 1 rings (SSSR count). The van der Waals surface area contributed by atoms with E-state index in [0.717, 1.165) is 38.5 Å². The van der Waals surface area contributed by atoms with Crippen molar-refractivity contribution in [2.45, 2.75) is 234 Å². The lowest BCUT2D eigenvalue weighted by atomic mass is 9.98. The minimum absolute atomic E-state index is 0.0390. The summed E-state index contributed by atoms with van der Waals surface area (Å²) in [6.45, 7) is 22.0. The lowest BCUT2D eigenvalue weighted by Crippen LogP contribution is -2.61. The van der Waals surface area contributed by atoms with Crippen LogP contribution in [0.3, 0.4) is 0 Å². The van der Waals surface area contributed by atoms with Crippen LogP contribution in [0.15, 0.2) is 0 Å². The number of cyclic esters (lactones) is 1. The maximum absolute atomic E-state index is 14.2. The predicted octanol–water partition coefficient (Wildman–Crippen LogP) is 4.65. The second kappa shape index (κ2) is 33.4. The molecule has 0 aromatic heterocycles. The van der Waals surface area contributed by atoms with Crippen molar-refractivity contribution in [3.8, 4) is 0 Å². The van der Waals surface area contributed by atoms with Crippen molar-refractivity contribution in [1.82, 2.24) is 37.2 Å². The standard InChI is InChI=1S/C52H91N7O13/c1-29(2)19-17-15-13-14-16-18-20-35-27-42(60)53-36(21-22-43(61)62)46(65)54-37(23-30(3)4)47(66)56-39(25-32(7)8)50(69)59-45(34(11)12)51(70)57-40(28-44(63)64)49(68)55-38(24-31(5)6)48(67)58-41(26-33(9)10)52(71)72-35/h29-41,45H,13-28H2,1-12H3,(H,53,60)(H,54,65)(H,55,68)(H,56,66)(H,57,70)(H,58,67)(H,59,69)(H,61,62)(H,63,64)/t35-,36+,37+,38+,39+,40+,41+,45+/m1/s1. The molecule has 7 amide bonds. The molecule has 1 fully saturated rings. The second-order valence-corrected chi connectivity index (χ2v) is 22.1. The number of aliphatic carboxylic acids is 2. The van der Waals surface area contributed by atoms with Gasteiger partial charge in [-0.2, -0.15) is 0 Å². The molecule has 9 N–H and O–H groups in total. The predicted molar refractivity (Wildman–Crippen MR) is 272 cm³/mol. The van der Waals surface area contributed by atoms with Crippen LogP contribution < -0.4 is 37.2 Å². The van der Waals surface area contributed by atoms with E-state index in [1.165, 1.54) is 0 Å². The van der Waals surface area contributed by atoms with E-state index in [1.54, 1.807) is 55.4 Å². The number of ether oxygens (including phenoxy) is 1. The van der Waals surface area contributed by atoms with E-state index >= 15 is 0 Å². The molecular weight excluding hydrogens is 931 g/mol. The van der Waals surface area contributed by atoms with Gasteiger partial charge < -0.3 is 52.2 Å². The highest BCUT2D eigenvalue weighted by atomic mass is 16.5. The summed E-state index contributed by atoms with van der Waals surface area (Å²) in [7, 11) is 0. The molecule has 0 unspecified atom stereocenters. The van der Waals surface area contributed by atoms with Gasteiger partial charge in [0.1, 0.15) is 48.4 Å². The molecule has 1 aliphatic heterocycles. The third kappa shape index (κ3) is 26.9. The Morgan fingerprint density at radius 2 is 0.861 bits per heavy atom. The van der Waals surface area contributed by atoms with E-state index in [-0.39, 0.29) is 62.2 Å². The summed E-state index contributed by atoms with van der Waals surface area (Å²) in [6, 6.07) is -9.64. The largest absolute Gasteiger partial charge is 0.481 e. The Morgan fingerprint density at radius 1 is 0.458 bits per heavy atom. The van der Waals surface area contributed by atoms with Crippen molar-refractivity contribution in [2.75, 3.05) is 0 Å². The Balaban J connectivity index is 3.98. The molecule has 412 valence electrons. The Morgan fingerprint density at radius 3 is 1.31 bits per heavy atom. The fourth-order valence-corrected chi connectivity index (χ4v) is 8.40. The number of esters is 1. The zero-order valence-electron chi connectivity index (χ0n) is 45.3. The summed E-state index contributed by atoms with van der Waals surface area (Å²) >= 11 is 0. The van der Waals surface area contributed by atoms with Gasteiger partial charge in [0, 0.05) is 6.42 Å². The molecule has 0 bridgehead atoms. The van der Waals surface area contributed by atoms with E-state index in [4.69, 9.17) is 4.74 Å². The van der Waals surface area contributed by atoms with Crippen molar-refractivity contribution < 1.29 is 62.9 Å². The highest BCUT2D eigenvalue weighted by molar-refractivity contribution is 5.98. The average Bonchev–Trinajstić information content (AvgIpc) is 3.24. The highest BCUT2D eigenvalue weighted by Gasteiger charge is 2.37. The molecule has 0 spiro atoms. The Labute approximate surface area is 428 Å². The molecule has 1 heterocycles. The molecule has 72 heavy (non-hydrogen) atoms. The summed E-state index contributed by atoms with van der Waals surface area (Å²) in [5.41, 5.74) is 0. The van der Waals surface area contributed by atoms with Crippen LogP contribution >= 0.6 is 0 Å². The fourth-order valence-electron chi connectivity index (χ4n) is 8.40. The number of hydrogen-bond donors (Lipinski definition) is 9. The van der Waals surface area contributed by atoms with Gasteiger partial charge in [0.15, 0.2) is 0 Å². The molecule has 8 atom stereocenters. The molecule has 1 aliphatic rings. The van der Waals surface area contributed by atoms with Crippen molar-refractivity contribution in [2.24, 2.45) is 35.5 Å². The van der Waals surface area contributed by atoms with Crippen LogP contribution in [0.1, 0.15) is 186 Å². The lowest BCUT2D eigenvalue weighted by molar-refractivity contribution is -0.155. The molecule has 0 saturated carbocycles. The van der Waals surface area contributed by atoms with Crippen LogP contribution in [0, 0.1) is 35.5 Å². The first kappa shape index (κ1) is 64.7. The molecule has 0 radical (unpaired) electrons. The third-order valence-electron chi connectivity index (χ3n) is 12.1. The zero-order chi connectivity index (χ0) is 54.8. The van der Waals surface area contributed by atoms with Gasteiger partial charge in [-0.1, -0.05) is 122 Å². The quantitative estimate of drug-likeness (QED) is 0.0498. The number of amides is 7. The summed E-state index contributed by atoms with van der Waals surface area (Å²) in [6.07, 6.45) is 3.79. The van der Waals surface area contributed by atoms with Crippen LogP contribution in [0.5, 0.6) is 0 Å². The number of carboxylic acids is 2. The highest BCUT2D eigenvalue weighted by Crippen LogP contribution is 2.19. The molecule has 0 aromatic carbocycles. The SMILES string of the molecule is CC(C)CCCCCCCC[C@@H]1CC(=O)N[C@@H](CCC(=O)O)C(=O)N[C@@H](CC(C)C)C(=O)N[C@@H](CC(C)C)C(=O)N[C@@H](C(C)C)C(=O)N[C@@H](CC(=O)O)C(=O)N[C@@H](CC(C)C)C(=O)N[C@@H](CC(C)C)C(=O)O1. The maximum atomic E-state index is 14.2. The van der Waals surface area contributed by atoms with Crippen LogP contribution in [0.4, 0.5) is 0 Å². The Hall–Kier alpha value is -5.30. The number of carbonyl (C=O) groups excluding carboxylic acids is 8. The summed E-state index contributed by atoms with van der Waals surface area (Å²) in [5.74, 6) is -10.2.